The molecule has 0 bridgehead atoms. The summed E-state index contributed by atoms with van der Waals surface area (Å²) in [5.41, 5.74) is 9.84. The molecule has 1 aromatic carbocycles. The average Bonchev–Trinajstić information content (AvgIpc) is 2.35. The van der Waals surface area contributed by atoms with Crippen LogP contribution in [-0.2, 0) is 9.59 Å². The predicted octanol–water partition coefficient (Wildman–Crippen LogP) is 0.365. The predicted molar refractivity (Wildman–Crippen MR) is 62.6 cm³/mol. The molecule has 102 valence electrons. The molecule has 0 aromatic heterocycles. The van der Waals surface area contributed by atoms with Gasteiger partial charge in [-0.05, 0) is 29.8 Å². The molecular weight excluding hydrogens is 260 g/mol. The van der Waals surface area contributed by atoms with Crippen molar-refractivity contribution in [3.63, 3.8) is 0 Å². The third-order valence-corrected chi connectivity index (χ3v) is 1.98. The molecule has 4 N–H and O–H groups in total. The molecule has 0 saturated heterocycles. The molecule has 0 atom stereocenters. The number of amides is 2. The molecule has 1 aromatic rings. The van der Waals surface area contributed by atoms with E-state index in [1.54, 1.807) is 0 Å². The van der Waals surface area contributed by atoms with Crippen LogP contribution in [0.25, 0.3) is 5.70 Å². The minimum absolute atomic E-state index is 0.00674. The summed E-state index contributed by atoms with van der Waals surface area (Å²) in [6, 6.07) is 5.52. The lowest BCUT2D eigenvalue weighted by molar-refractivity contribution is -0.137. The highest BCUT2D eigenvalue weighted by Gasteiger charge is 2.08. The maximum Gasteiger partial charge on any atom is 0.387 e. The van der Waals surface area contributed by atoms with Crippen LogP contribution in [0.3, 0.4) is 0 Å². The second-order valence-electron chi connectivity index (χ2n) is 3.32. The highest BCUT2D eigenvalue weighted by Crippen LogP contribution is 2.17. The van der Waals surface area contributed by atoms with Crippen LogP contribution in [-0.4, -0.2) is 18.4 Å². The highest BCUT2D eigenvalue weighted by molar-refractivity contribution is 6.34. The number of halogens is 2. The summed E-state index contributed by atoms with van der Waals surface area (Å²) in [7, 11) is 0. The van der Waals surface area contributed by atoms with E-state index in [1.165, 1.54) is 24.3 Å². The molecule has 0 unspecified atom stereocenters. The fourth-order valence-electron chi connectivity index (χ4n) is 1.10. The number of nitrogens with one attached hydrogen (secondary N) is 2. The molecule has 2 amide bonds. The van der Waals surface area contributed by atoms with Crippen molar-refractivity contribution in [1.82, 2.24) is 10.9 Å². The summed E-state index contributed by atoms with van der Waals surface area (Å²) in [6.07, 6.45) is 0. The first-order valence-electron chi connectivity index (χ1n) is 5.00. The fraction of sp³-hybridized carbons (Fsp3) is 0.0909. The SMILES string of the molecule is C=C(NNC(=O)C(N)=O)c1ccc(OC(F)F)cc1. The van der Waals surface area contributed by atoms with Gasteiger partial charge in [0.25, 0.3) is 0 Å². The van der Waals surface area contributed by atoms with Gasteiger partial charge in [-0.25, -0.2) is 0 Å². The van der Waals surface area contributed by atoms with Crippen molar-refractivity contribution in [2.45, 2.75) is 6.61 Å². The molecule has 0 aliphatic heterocycles. The Kier molecular flexibility index (Phi) is 4.81. The van der Waals surface area contributed by atoms with Crippen molar-refractivity contribution >= 4 is 17.5 Å². The van der Waals surface area contributed by atoms with E-state index in [1.807, 2.05) is 5.43 Å². The van der Waals surface area contributed by atoms with E-state index in [0.717, 1.165) is 0 Å². The molecule has 0 aliphatic rings. The molecule has 19 heavy (non-hydrogen) atoms. The average molecular weight is 271 g/mol. The maximum atomic E-state index is 11.9. The van der Waals surface area contributed by atoms with Gasteiger partial charge in [-0.1, -0.05) is 6.58 Å². The number of hydrogen-bond acceptors (Lipinski definition) is 4. The lowest BCUT2D eigenvalue weighted by Gasteiger charge is -2.10. The Balaban J connectivity index is 2.58. The van der Waals surface area contributed by atoms with Crippen molar-refractivity contribution in [2.75, 3.05) is 0 Å². The van der Waals surface area contributed by atoms with Crippen LogP contribution in [0.1, 0.15) is 5.56 Å². The molecule has 0 spiro atoms. The Bertz CT molecular complexity index is 488. The Labute approximate surface area is 107 Å². The third kappa shape index (κ3) is 4.62. The zero-order valence-electron chi connectivity index (χ0n) is 9.65. The number of primary amides is 1. The maximum absolute atomic E-state index is 11.9. The first-order valence-corrected chi connectivity index (χ1v) is 5.00. The van der Waals surface area contributed by atoms with Crippen LogP contribution in [0.5, 0.6) is 5.75 Å². The lowest BCUT2D eigenvalue weighted by atomic mass is 10.2. The van der Waals surface area contributed by atoms with Crippen molar-refractivity contribution in [1.29, 1.82) is 0 Å². The van der Waals surface area contributed by atoms with E-state index in [2.05, 4.69) is 16.7 Å². The zero-order valence-corrected chi connectivity index (χ0v) is 9.65. The first kappa shape index (κ1) is 14.4. The number of carbonyl (C=O) groups is 2. The molecule has 0 heterocycles. The van der Waals surface area contributed by atoms with Gasteiger partial charge in [0, 0.05) is 0 Å². The zero-order chi connectivity index (χ0) is 14.4. The quantitative estimate of drug-likeness (QED) is 0.532. The molecule has 6 nitrogen and oxygen atoms in total. The van der Waals surface area contributed by atoms with Crippen molar-refractivity contribution in [2.24, 2.45) is 5.73 Å². The number of benzene rings is 1. The van der Waals surface area contributed by atoms with Crippen molar-refractivity contribution in [3.05, 3.63) is 36.4 Å². The Hall–Kier alpha value is -2.64. The van der Waals surface area contributed by atoms with E-state index >= 15 is 0 Å². The van der Waals surface area contributed by atoms with Gasteiger partial charge >= 0.3 is 18.4 Å². The number of carbonyl (C=O) groups excluding carboxylic acids is 2. The largest absolute Gasteiger partial charge is 0.435 e. The number of ether oxygens (including phenoxy) is 1. The minimum Gasteiger partial charge on any atom is -0.435 e. The summed E-state index contributed by atoms with van der Waals surface area (Å²) in [5, 5.41) is 0. The number of alkyl halides is 2. The second kappa shape index (κ2) is 6.34. The van der Waals surface area contributed by atoms with E-state index in [0.29, 0.717) is 5.56 Å². The Morgan fingerprint density at radius 3 is 2.26 bits per heavy atom. The smallest absolute Gasteiger partial charge is 0.387 e. The van der Waals surface area contributed by atoms with Crippen LogP contribution in [0.2, 0.25) is 0 Å². The van der Waals surface area contributed by atoms with Gasteiger partial charge in [0.05, 0.1) is 5.70 Å². The number of nitrogens with two attached hydrogens (primary N) is 1. The van der Waals surface area contributed by atoms with Gasteiger partial charge in [-0.2, -0.15) is 8.78 Å². The Morgan fingerprint density at radius 1 is 1.21 bits per heavy atom. The van der Waals surface area contributed by atoms with Gasteiger partial charge in [-0.15, -0.1) is 0 Å². The van der Waals surface area contributed by atoms with E-state index in [-0.39, 0.29) is 11.4 Å². The van der Waals surface area contributed by atoms with Crippen molar-refractivity contribution in [3.8, 4) is 5.75 Å². The van der Waals surface area contributed by atoms with Gasteiger partial charge in [0.15, 0.2) is 0 Å². The first-order chi connectivity index (χ1) is 8.90. The molecular formula is C11H11F2N3O3. The van der Waals surface area contributed by atoms with Crippen LogP contribution >= 0.6 is 0 Å². The van der Waals surface area contributed by atoms with Crippen LogP contribution in [0.15, 0.2) is 30.8 Å². The highest BCUT2D eigenvalue weighted by atomic mass is 19.3. The summed E-state index contributed by atoms with van der Waals surface area (Å²) >= 11 is 0. The third-order valence-electron chi connectivity index (χ3n) is 1.98. The summed E-state index contributed by atoms with van der Waals surface area (Å²) in [6.45, 7) is 0.679. The van der Waals surface area contributed by atoms with Crippen LogP contribution in [0.4, 0.5) is 8.78 Å². The molecule has 8 heteroatoms. The number of hydrazine groups is 1. The van der Waals surface area contributed by atoms with Crippen LogP contribution in [0, 0.1) is 0 Å². The normalized spacial score (nSPS) is 9.84. The molecule has 0 aliphatic carbocycles. The standard InChI is InChI=1S/C11H11F2N3O3/c1-6(15-16-10(18)9(14)17)7-2-4-8(5-3-7)19-11(12)13/h2-5,11,15H,1H2,(H2,14,17)(H,16,18). The van der Waals surface area contributed by atoms with Crippen LogP contribution < -0.4 is 21.3 Å². The topological polar surface area (TPSA) is 93.5 Å². The summed E-state index contributed by atoms with van der Waals surface area (Å²) < 4.78 is 28.0. The van der Waals surface area contributed by atoms with Gasteiger partial charge in [0.1, 0.15) is 5.75 Å². The summed E-state index contributed by atoms with van der Waals surface area (Å²) in [5.74, 6) is -2.19. The fourth-order valence-corrected chi connectivity index (χ4v) is 1.10. The van der Waals surface area contributed by atoms with Gasteiger partial charge in [-0.3, -0.25) is 20.4 Å². The summed E-state index contributed by atoms with van der Waals surface area (Å²) in [4.78, 5) is 21.3. The molecule has 0 saturated carbocycles. The monoisotopic (exact) mass is 271 g/mol. The Morgan fingerprint density at radius 2 is 1.79 bits per heavy atom. The molecule has 0 radical (unpaired) electrons. The second-order valence-corrected chi connectivity index (χ2v) is 3.32. The number of rotatable bonds is 5. The molecule has 1 rings (SSSR count). The lowest BCUT2D eigenvalue weighted by Crippen LogP contribution is -2.43. The van der Waals surface area contributed by atoms with Crippen molar-refractivity contribution < 1.29 is 23.1 Å². The van der Waals surface area contributed by atoms with E-state index in [9.17, 15) is 18.4 Å². The van der Waals surface area contributed by atoms with Gasteiger partial charge in [0.2, 0.25) is 0 Å². The molecule has 0 fully saturated rings. The van der Waals surface area contributed by atoms with E-state index < -0.39 is 18.4 Å². The number of hydrogen-bond donors (Lipinski definition) is 3. The van der Waals surface area contributed by atoms with Gasteiger partial charge < -0.3 is 10.5 Å². The van der Waals surface area contributed by atoms with E-state index in [4.69, 9.17) is 5.73 Å². The minimum atomic E-state index is -2.90.